The molecule has 1 atom stereocenters. The van der Waals surface area contributed by atoms with Gasteiger partial charge in [-0.3, -0.25) is 10.1 Å². The fourth-order valence-corrected chi connectivity index (χ4v) is 3.40. The van der Waals surface area contributed by atoms with Crippen molar-refractivity contribution >= 4 is 21.4 Å². The lowest BCUT2D eigenvalue weighted by molar-refractivity contribution is -0.387. The van der Waals surface area contributed by atoms with Gasteiger partial charge in [-0.2, -0.15) is 0 Å². The van der Waals surface area contributed by atoms with Crippen LogP contribution in [0, 0.1) is 16.0 Å². The number of nitrogen functional groups attached to an aromatic ring is 1. The molecule has 0 radical (unpaired) electrons. The molecule has 20 heavy (non-hydrogen) atoms. The van der Waals surface area contributed by atoms with E-state index in [9.17, 15) is 18.5 Å². The summed E-state index contributed by atoms with van der Waals surface area (Å²) in [6.45, 7) is 5.66. The molecule has 112 valence electrons. The van der Waals surface area contributed by atoms with E-state index in [4.69, 9.17) is 5.73 Å². The Labute approximate surface area is 118 Å². The van der Waals surface area contributed by atoms with Crippen LogP contribution in [-0.2, 0) is 10.0 Å². The van der Waals surface area contributed by atoms with Gasteiger partial charge in [0, 0.05) is 17.8 Å². The van der Waals surface area contributed by atoms with Gasteiger partial charge in [0.15, 0.2) is 4.90 Å². The van der Waals surface area contributed by atoms with Crippen molar-refractivity contribution in [2.75, 3.05) is 5.73 Å². The van der Waals surface area contributed by atoms with Crippen LogP contribution in [0.15, 0.2) is 23.1 Å². The minimum atomic E-state index is -3.94. The highest BCUT2D eigenvalue weighted by Crippen LogP contribution is 2.26. The average Bonchev–Trinajstić information content (AvgIpc) is 2.26. The number of nitrogens with one attached hydrogen (secondary N) is 1. The Morgan fingerprint density at radius 3 is 2.45 bits per heavy atom. The second kappa shape index (κ2) is 6.19. The molecule has 0 bridgehead atoms. The second-order valence-corrected chi connectivity index (χ2v) is 6.82. The SMILES string of the molecule is CC(C)CC(C)NS(=O)(=O)c1ccc(N)cc1[N+](=O)[O-]. The molecule has 0 spiro atoms. The van der Waals surface area contributed by atoms with E-state index in [1.807, 2.05) is 13.8 Å². The van der Waals surface area contributed by atoms with Gasteiger partial charge in [0.2, 0.25) is 10.0 Å². The zero-order valence-electron chi connectivity index (χ0n) is 11.7. The minimum absolute atomic E-state index is 0.144. The second-order valence-electron chi connectivity index (χ2n) is 5.14. The number of nitrogens with two attached hydrogens (primary N) is 1. The lowest BCUT2D eigenvalue weighted by Gasteiger charge is -2.16. The molecule has 0 saturated heterocycles. The number of benzene rings is 1. The van der Waals surface area contributed by atoms with Gasteiger partial charge in [0.1, 0.15) is 0 Å². The molecule has 3 N–H and O–H groups in total. The molecule has 0 heterocycles. The Morgan fingerprint density at radius 2 is 1.95 bits per heavy atom. The van der Waals surface area contributed by atoms with Gasteiger partial charge in [-0.1, -0.05) is 13.8 Å². The molecule has 1 rings (SSSR count). The van der Waals surface area contributed by atoms with E-state index in [0.29, 0.717) is 12.3 Å². The van der Waals surface area contributed by atoms with E-state index in [1.165, 1.54) is 6.07 Å². The quantitative estimate of drug-likeness (QED) is 0.473. The summed E-state index contributed by atoms with van der Waals surface area (Å²) in [6, 6.07) is 3.21. The molecule has 1 aromatic carbocycles. The largest absolute Gasteiger partial charge is 0.399 e. The molecule has 0 aliphatic heterocycles. The molecule has 0 aromatic heterocycles. The first-order chi connectivity index (χ1) is 9.13. The van der Waals surface area contributed by atoms with Crippen molar-refractivity contribution in [3.63, 3.8) is 0 Å². The van der Waals surface area contributed by atoms with Crippen molar-refractivity contribution in [3.05, 3.63) is 28.3 Å². The Morgan fingerprint density at radius 1 is 1.35 bits per heavy atom. The van der Waals surface area contributed by atoms with Gasteiger partial charge in [0.25, 0.3) is 5.69 Å². The van der Waals surface area contributed by atoms with Crippen molar-refractivity contribution in [2.24, 2.45) is 5.92 Å². The first-order valence-corrected chi connectivity index (χ1v) is 7.68. The highest BCUT2D eigenvalue weighted by atomic mass is 32.2. The van der Waals surface area contributed by atoms with Crippen molar-refractivity contribution in [3.8, 4) is 0 Å². The van der Waals surface area contributed by atoms with Crippen LogP contribution < -0.4 is 10.5 Å². The summed E-state index contributed by atoms with van der Waals surface area (Å²) >= 11 is 0. The lowest BCUT2D eigenvalue weighted by atomic mass is 10.1. The number of hydrogen-bond donors (Lipinski definition) is 2. The Bertz CT molecular complexity index is 599. The normalized spacial score (nSPS) is 13.4. The van der Waals surface area contributed by atoms with Crippen LogP contribution in [0.3, 0.4) is 0 Å². The maximum atomic E-state index is 12.2. The summed E-state index contributed by atoms with van der Waals surface area (Å²) in [6.07, 6.45) is 0.641. The molecular formula is C12H19N3O4S. The van der Waals surface area contributed by atoms with Gasteiger partial charge in [-0.05, 0) is 31.4 Å². The first-order valence-electron chi connectivity index (χ1n) is 6.19. The summed E-state index contributed by atoms with van der Waals surface area (Å²) in [5.74, 6) is 0.314. The monoisotopic (exact) mass is 301 g/mol. The third-order valence-electron chi connectivity index (χ3n) is 2.65. The summed E-state index contributed by atoms with van der Waals surface area (Å²) in [4.78, 5) is 9.82. The van der Waals surface area contributed by atoms with E-state index in [0.717, 1.165) is 12.1 Å². The highest BCUT2D eigenvalue weighted by molar-refractivity contribution is 7.89. The van der Waals surface area contributed by atoms with E-state index in [2.05, 4.69) is 4.72 Å². The number of nitro groups is 1. The Hall–Kier alpha value is -1.67. The summed E-state index contributed by atoms with van der Waals surface area (Å²) in [7, 11) is -3.94. The smallest absolute Gasteiger partial charge is 0.291 e. The Kier molecular flexibility index (Phi) is 5.07. The first kappa shape index (κ1) is 16.4. The van der Waals surface area contributed by atoms with Crippen LogP contribution in [0.4, 0.5) is 11.4 Å². The van der Waals surface area contributed by atoms with E-state index >= 15 is 0 Å². The minimum Gasteiger partial charge on any atom is -0.399 e. The van der Waals surface area contributed by atoms with E-state index in [-0.39, 0.29) is 16.6 Å². The van der Waals surface area contributed by atoms with Gasteiger partial charge >= 0.3 is 0 Å². The summed E-state index contributed by atoms with van der Waals surface area (Å²) in [5.41, 5.74) is 5.08. The van der Waals surface area contributed by atoms with Crippen molar-refractivity contribution < 1.29 is 13.3 Å². The lowest BCUT2D eigenvalue weighted by Crippen LogP contribution is -2.33. The number of hydrogen-bond acceptors (Lipinski definition) is 5. The molecule has 0 saturated carbocycles. The van der Waals surface area contributed by atoms with Gasteiger partial charge in [-0.15, -0.1) is 0 Å². The van der Waals surface area contributed by atoms with Crippen molar-refractivity contribution in [1.29, 1.82) is 0 Å². The van der Waals surface area contributed by atoms with Gasteiger partial charge in [0.05, 0.1) is 4.92 Å². The molecule has 8 heteroatoms. The topological polar surface area (TPSA) is 115 Å². The van der Waals surface area contributed by atoms with Crippen LogP contribution in [-0.4, -0.2) is 19.4 Å². The fraction of sp³-hybridized carbons (Fsp3) is 0.500. The van der Waals surface area contributed by atoms with Crippen molar-refractivity contribution in [1.82, 2.24) is 4.72 Å². The van der Waals surface area contributed by atoms with E-state index < -0.39 is 20.6 Å². The Balaban J connectivity index is 3.13. The number of anilines is 1. The number of sulfonamides is 1. The number of nitrogens with zero attached hydrogens (tertiary/aromatic N) is 1. The van der Waals surface area contributed by atoms with Crippen LogP contribution >= 0.6 is 0 Å². The van der Waals surface area contributed by atoms with Crippen LogP contribution in [0.1, 0.15) is 27.2 Å². The molecule has 0 aliphatic rings. The molecule has 7 nitrogen and oxygen atoms in total. The maximum absolute atomic E-state index is 12.2. The van der Waals surface area contributed by atoms with Crippen LogP contribution in [0.5, 0.6) is 0 Å². The van der Waals surface area contributed by atoms with Crippen molar-refractivity contribution in [2.45, 2.75) is 38.1 Å². The molecular weight excluding hydrogens is 282 g/mol. The third-order valence-corrected chi connectivity index (χ3v) is 4.29. The van der Waals surface area contributed by atoms with Crippen LogP contribution in [0.25, 0.3) is 0 Å². The molecule has 0 aliphatic carbocycles. The molecule has 0 fully saturated rings. The third kappa shape index (κ3) is 4.17. The van der Waals surface area contributed by atoms with Gasteiger partial charge in [-0.25, -0.2) is 13.1 Å². The zero-order valence-corrected chi connectivity index (χ0v) is 12.5. The maximum Gasteiger partial charge on any atom is 0.291 e. The van der Waals surface area contributed by atoms with E-state index in [1.54, 1.807) is 6.92 Å². The molecule has 1 aromatic rings. The van der Waals surface area contributed by atoms with Crippen LogP contribution in [0.2, 0.25) is 0 Å². The predicted molar refractivity (Wildman–Crippen MR) is 76.7 cm³/mol. The highest BCUT2D eigenvalue weighted by Gasteiger charge is 2.27. The summed E-state index contributed by atoms with van der Waals surface area (Å²) in [5, 5.41) is 10.9. The van der Waals surface area contributed by atoms with Gasteiger partial charge < -0.3 is 5.73 Å². The fourth-order valence-electron chi connectivity index (χ4n) is 1.99. The standard InChI is InChI=1S/C12H19N3O4S/c1-8(2)6-9(3)14-20(18,19)12-5-4-10(13)7-11(12)15(16)17/h4-5,7-9,14H,6,13H2,1-3H3. The predicted octanol–water partition coefficient (Wildman–Crippen LogP) is 1.89. The number of rotatable bonds is 6. The summed E-state index contributed by atoms with van der Waals surface area (Å²) < 4.78 is 26.9. The number of nitro benzene ring substituents is 1. The average molecular weight is 301 g/mol. The molecule has 0 amide bonds. The molecule has 1 unspecified atom stereocenters. The zero-order chi connectivity index (χ0) is 15.5.